The van der Waals surface area contributed by atoms with Crippen LogP contribution in [0.2, 0.25) is 0 Å². The quantitative estimate of drug-likeness (QED) is 0.663. The van der Waals surface area contributed by atoms with Crippen molar-refractivity contribution in [1.29, 1.82) is 0 Å². The van der Waals surface area contributed by atoms with E-state index in [-0.39, 0.29) is 4.90 Å². The standard InChI is InChI=1S/C20H24BrN5O3S/c1-20(2)10-26-18(29-20)15(9-23-26)30(22,28)25-19(27)24-17-13-7-3-5-11(13)16(21)12-6-4-8-14(12)17/h9H,3-8,10H2,1-2H3,(H3,22,24,25,27,28)/t30-/m0/s1. The van der Waals surface area contributed by atoms with Crippen LogP contribution in [0.1, 0.15) is 48.9 Å². The van der Waals surface area contributed by atoms with Gasteiger partial charge in [0.05, 0.1) is 12.7 Å². The largest absolute Gasteiger partial charge is 0.469 e. The number of anilines is 1. The lowest BCUT2D eigenvalue weighted by molar-refractivity contribution is 0.132. The molecule has 0 unspecified atom stereocenters. The Morgan fingerprint density at radius 1 is 1.23 bits per heavy atom. The number of carbonyl (C=O) groups excluding carboxylic acids is 1. The van der Waals surface area contributed by atoms with E-state index in [4.69, 9.17) is 9.88 Å². The van der Waals surface area contributed by atoms with Gasteiger partial charge in [0, 0.05) is 10.2 Å². The van der Waals surface area contributed by atoms with Crippen LogP contribution in [0.4, 0.5) is 10.5 Å². The van der Waals surface area contributed by atoms with E-state index in [1.807, 2.05) is 13.8 Å². The van der Waals surface area contributed by atoms with Crippen molar-refractivity contribution >= 4 is 37.6 Å². The number of carbonyl (C=O) groups is 1. The highest BCUT2D eigenvalue weighted by atomic mass is 79.9. The average molecular weight is 494 g/mol. The van der Waals surface area contributed by atoms with Crippen molar-refractivity contribution in [3.8, 4) is 5.88 Å². The van der Waals surface area contributed by atoms with Gasteiger partial charge in [0.1, 0.15) is 10.5 Å². The van der Waals surface area contributed by atoms with Gasteiger partial charge < -0.3 is 10.1 Å². The maximum absolute atomic E-state index is 13.2. The van der Waals surface area contributed by atoms with Crippen molar-refractivity contribution in [3.05, 3.63) is 32.9 Å². The molecule has 160 valence electrons. The fourth-order valence-electron chi connectivity index (χ4n) is 4.77. The Morgan fingerprint density at radius 2 is 1.83 bits per heavy atom. The lowest BCUT2D eigenvalue weighted by Gasteiger charge is -2.17. The van der Waals surface area contributed by atoms with Crippen LogP contribution in [0.5, 0.6) is 5.88 Å². The van der Waals surface area contributed by atoms with Gasteiger partial charge in [0.25, 0.3) is 0 Å². The molecule has 1 aromatic heterocycles. The number of rotatable bonds is 2. The first kappa shape index (κ1) is 20.0. The van der Waals surface area contributed by atoms with E-state index < -0.39 is 21.5 Å². The van der Waals surface area contributed by atoms with Crippen molar-refractivity contribution in [2.75, 3.05) is 5.32 Å². The Morgan fingerprint density at radius 3 is 2.47 bits per heavy atom. The molecule has 2 amide bonds. The van der Waals surface area contributed by atoms with Crippen molar-refractivity contribution in [3.63, 3.8) is 0 Å². The van der Waals surface area contributed by atoms with Gasteiger partial charge >= 0.3 is 6.03 Å². The van der Waals surface area contributed by atoms with Crippen LogP contribution in [0.25, 0.3) is 0 Å². The first-order valence-corrected chi connectivity index (χ1v) is 12.5. The number of nitrogens with zero attached hydrogens (tertiary/aromatic N) is 3. The maximum Gasteiger partial charge on any atom is 0.354 e. The van der Waals surface area contributed by atoms with E-state index in [0.717, 1.165) is 55.3 Å². The molecule has 0 radical (unpaired) electrons. The predicted molar refractivity (Wildman–Crippen MR) is 117 cm³/mol. The molecule has 10 heteroatoms. The number of fused-ring (bicyclic) bond motifs is 3. The van der Waals surface area contributed by atoms with Crippen LogP contribution in [0, 0.1) is 0 Å². The first-order chi connectivity index (χ1) is 14.2. The highest BCUT2D eigenvalue weighted by Crippen LogP contribution is 2.44. The molecular weight excluding hydrogens is 470 g/mol. The molecule has 5 rings (SSSR count). The summed E-state index contributed by atoms with van der Waals surface area (Å²) in [6.45, 7) is 4.33. The van der Waals surface area contributed by atoms with Gasteiger partial charge in [-0.15, -0.1) is 4.36 Å². The Bertz CT molecular complexity index is 1170. The van der Waals surface area contributed by atoms with E-state index in [1.54, 1.807) is 4.68 Å². The van der Waals surface area contributed by atoms with Gasteiger partial charge in [0.2, 0.25) is 5.88 Å². The monoisotopic (exact) mass is 493 g/mol. The topological polar surface area (TPSA) is 112 Å². The molecular formula is C20H24BrN5O3S. The van der Waals surface area contributed by atoms with Crippen molar-refractivity contribution in [1.82, 2.24) is 9.78 Å². The van der Waals surface area contributed by atoms with E-state index >= 15 is 0 Å². The normalized spacial score (nSPS) is 20.1. The number of urea groups is 1. The summed E-state index contributed by atoms with van der Waals surface area (Å²) in [5, 5.41) is 13.1. The van der Waals surface area contributed by atoms with E-state index in [0.29, 0.717) is 12.4 Å². The molecule has 2 heterocycles. The van der Waals surface area contributed by atoms with Gasteiger partial charge in [-0.1, -0.05) is 15.9 Å². The van der Waals surface area contributed by atoms with Gasteiger partial charge in [-0.3, -0.25) is 0 Å². The number of hydrogen-bond acceptors (Lipinski definition) is 4. The lowest BCUT2D eigenvalue weighted by Crippen LogP contribution is -2.27. The molecule has 3 aliphatic rings. The fraction of sp³-hybridized carbons (Fsp3) is 0.500. The smallest absolute Gasteiger partial charge is 0.354 e. The number of hydrogen-bond donors (Lipinski definition) is 2. The second kappa shape index (κ2) is 6.80. The molecule has 2 aromatic rings. The Kier molecular flexibility index (Phi) is 4.53. The van der Waals surface area contributed by atoms with E-state index in [1.165, 1.54) is 21.8 Å². The molecule has 30 heavy (non-hydrogen) atoms. The van der Waals surface area contributed by atoms with Gasteiger partial charge in [0.15, 0.2) is 9.92 Å². The number of halogens is 1. The zero-order valence-electron chi connectivity index (χ0n) is 17.0. The summed E-state index contributed by atoms with van der Waals surface area (Å²) in [7, 11) is -3.50. The molecule has 0 bridgehead atoms. The minimum atomic E-state index is -3.50. The third kappa shape index (κ3) is 3.16. The molecule has 1 aromatic carbocycles. The summed E-state index contributed by atoms with van der Waals surface area (Å²) < 4.78 is 25.6. The second-order valence-corrected chi connectivity index (χ2v) is 11.3. The molecule has 2 aliphatic carbocycles. The summed E-state index contributed by atoms with van der Waals surface area (Å²) in [6.07, 6.45) is 7.29. The summed E-state index contributed by atoms with van der Waals surface area (Å²) >= 11 is 3.77. The highest BCUT2D eigenvalue weighted by molar-refractivity contribution is 9.10. The van der Waals surface area contributed by atoms with Crippen LogP contribution < -0.4 is 15.2 Å². The number of ether oxygens (including phenoxy) is 1. The van der Waals surface area contributed by atoms with Crippen molar-refractivity contribution in [2.24, 2.45) is 9.50 Å². The predicted octanol–water partition coefficient (Wildman–Crippen LogP) is 3.73. The van der Waals surface area contributed by atoms with Crippen molar-refractivity contribution in [2.45, 2.75) is 69.4 Å². The number of benzene rings is 1. The van der Waals surface area contributed by atoms with Crippen LogP contribution >= 0.6 is 15.9 Å². The summed E-state index contributed by atoms with van der Waals surface area (Å²) in [5.41, 5.74) is 5.21. The Balaban J connectivity index is 1.50. The number of nitrogens with one attached hydrogen (secondary N) is 1. The SMILES string of the molecule is CC1(C)Cn2ncc([S@@](N)(=O)=NC(=O)Nc3c4c(c(Br)c5c3CCC5)CCC4)c2O1. The van der Waals surface area contributed by atoms with Crippen LogP contribution in [-0.2, 0) is 42.1 Å². The van der Waals surface area contributed by atoms with E-state index in [2.05, 4.69) is 30.7 Å². The third-order valence-corrected chi connectivity index (χ3v) is 8.30. The molecule has 1 atom stereocenters. The number of amides is 2. The molecule has 0 saturated carbocycles. The molecule has 3 N–H and O–H groups in total. The third-order valence-electron chi connectivity index (χ3n) is 6.00. The molecule has 0 spiro atoms. The van der Waals surface area contributed by atoms with Crippen LogP contribution in [-0.4, -0.2) is 25.6 Å². The average Bonchev–Trinajstić information content (AvgIpc) is 3.40. The summed E-state index contributed by atoms with van der Waals surface area (Å²) in [6, 6.07) is -0.703. The second-order valence-electron chi connectivity index (χ2n) is 8.73. The van der Waals surface area contributed by atoms with Gasteiger partial charge in [-0.2, -0.15) is 5.10 Å². The summed E-state index contributed by atoms with van der Waals surface area (Å²) in [4.78, 5) is 13.0. The van der Waals surface area contributed by atoms with Crippen LogP contribution in [0.3, 0.4) is 0 Å². The molecule has 0 fully saturated rings. The number of aromatic nitrogens is 2. The van der Waals surface area contributed by atoms with Gasteiger partial charge in [-0.05, 0) is 74.6 Å². The zero-order valence-corrected chi connectivity index (χ0v) is 19.4. The minimum Gasteiger partial charge on any atom is -0.469 e. The van der Waals surface area contributed by atoms with E-state index in [9.17, 15) is 9.00 Å². The first-order valence-electron chi connectivity index (χ1n) is 10.1. The van der Waals surface area contributed by atoms with Crippen LogP contribution in [0.15, 0.2) is 19.9 Å². The summed E-state index contributed by atoms with van der Waals surface area (Å²) in [5.74, 6) is 0.314. The molecule has 1 aliphatic heterocycles. The Hall–Kier alpha value is -1.91. The molecule has 8 nitrogen and oxygen atoms in total. The highest BCUT2D eigenvalue weighted by Gasteiger charge is 2.36. The molecule has 0 saturated heterocycles. The van der Waals surface area contributed by atoms with Crippen molar-refractivity contribution < 1.29 is 13.7 Å². The fourth-order valence-corrected chi connectivity index (χ4v) is 6.63. The number of nitrogens with two attached hydrogens (primary N) is 1. The van der Waals surface area contributed by atoms with Gasteiger partial charge in [-0.25, -0.2) is 18.8 Å². The maximum atomic E-state index is 13.2. The minimum absolute atomic E-state index is 0.148. The zero-order chi connectivity index (χ0) is 21.3. The lowest BCUT2D eigenvalue weighted by atomic mass is 9.99. The Labute approximate surface area is 184 Å².